The van der Waals surface area contributed by atoms with Gasteiger partial charge in [-0.3, -0.25) is 0 Å². The van der Waals surface area contributed by atoms with Crippen molar-refractivity contribution in [2.75, 3.05) is 0 Å². The fraction of sp³-hybridized carbons (Fsp3) is 0.310. The van der Waals surface area contributed by atoms with Crippen LogP contribution in [0, 0.1) is 5.92 Å². The van der Waals surface area contributed by atoms with Crippen LogP contribution in [0.4, 0.5) is 8.78 Å². The molecule has 0 radical (unpaired) electrons. The van der Waals surface area contributed by atoms with E-state index >= 15 is 8.78 Å². The molecular formula is C29H28BrF2N3. The zero-order chi connectivity index (χ0) is 24.4. The number of aromatic nitrogens is 3. The number of hydrogen-bond acceptors (Lipinski definition) is 2. The highest BCUT2D eigenvalue weighted by Crippen LogP contribution is 2.47. The summed E-state index contributed by atoms with van der Waals surface area (Å²) in [5, 5.41) is 8.64. The molecule has 2 aliphatic rings. The van der Waals surface area contributed by atoms with Gasteiger partial charge in [0.05, 0.1) is 17.1 Å². The zero-order valence-electron chi connectivity index (χ0n) is 19.7. The molecule has 3 nitrogen and oxygen atoms in total. The minimum absolute atomic E-state index is 0.268. The second-order valence-electron chi connectivity index (χ2n) is 9.16. The van der Waals surface area contributed by atoms with Crippen molar-refractivity contribution < 1.29 is 8.78 Å². The molecule has 1 aromatic heterocycles. The van der Waals surface area contributed by atoms with Crippen LogP contribution in [-0.4, -0.2) is 19.8 Å². The Balaban J connectivity index is 1.61. The average molecular weight is 536 g/mol. The van der Waals surface area contributed by atoms with E-state index in [1.165, 1.54) is 0 Å². The third-order valence-electron chi connectivity index (χ3n) is 6.90. The molecule has 2 atom stereocenters. The van der Waals surface area contributed by atoms with Gasteiger partial charge in [-0.25, -0.2) is 13.5 Å². The predicted octanol–water partition coefficient (Wildman–Crippen LogP) is 8.27. The second kappa shape index (κ2) is 10.4. The normalized spacial score (nSPS) is 20.9. The molecule has 0 fully saturated rings. The molecule has 0 bridgehead atoms. The lowest BCUT2D eigenvalue weighted by Gasteiger charge is -2.31. The van der Waals surface area contributed by atoms with E-state index < -0.39 is 5.92 Å². The Bertz CT molecular complexity index is 1350. The monoisotopic (exact) mass is 535 g/mol. The van der Waals surface area contributed by atoms with Gasteiger partial charge in [-0.05, 0) is 60.9 Å². The molecule has 1 heterocycles. The topological polar surface area (TPSA) is 30.7 Å². The molecule has 0 N–H and O–H groups in total. The lowest BCUT2D eigenvalue weighted by molar-refractivity contribution is 0.476. The fourth-order valence-corrected chi connectivity index (χ4v) is 5.77. The first-order valence-electron chi connectivity index (χ1n) is 12.2. The lowest BCUT2D eigenvalue weighted by Crippen LogP contribution is -2.25. The molecule has 5 rings (SSSR count). The summed E-state index contributed by atoms with van der Waals surface area (Å²) >= 11 is 3.65. The highest BCUT2D eigenvalue weighted by atomic mass is 79.9. The molecule has 0 aliphatic heterocycles. The van der Waals surface area contributed by atoms with Crippen molar-refractivity contribution in [1.82, 2.24) is 15.0 Å². The highest BCUT2D eigenvalue weighted by Gasteiger charge is 2.38. The van der Waals surface area contributed by atoms with E-state index in [4.69, 9.17) is 0 Å². The second-order valence-corrected chi connectivity index (χ2v) is 10.2. The van der Waals surface area contributed by atoms with Gasteiger partial charge >= 0.3 is 0 Å². The molecule has 6 heteroatoms. The Morgan fingerprint density at radius 2 is 1.74 bits per heavy atom. The molecule has 180 valence electrons. The minimum Gasteiger partial charge on any atom is -0.217 e. The van der Waals surface area contributed by atoms with Gasteiger partial charge in [0, 0.05) is 10.4 Å². The zero-order valence-corrected chi connectivity index (χ0v) is 21.3. The summed E-state index contributed by atoms with van der Waals surface area (Å²) in [6.07, 6.45) is 7.79. The van der Waals surface area contributed by atoms with Gasteiger partial charge in [-0.15, -0.1) is 5.10 Å². The summed E-state index contributed by atoms with van der Waals surface area (Å²) < 4.78 is 34.1. The Labute approximate surface area is 213 Å². The molecule has 2 unspecified atom stereocenters. The maximum Gasteiger partial charge on any atom is 0.128 e. The average Bonchev–Trinajstić information content (AvgIpc) is 3.30. The van der Waals surface area contributed by atoms with Crippen LogP contribution in [-0.2, 0) is 6.42 Å². The molecule has 0 saturated heterocycles. The van der Waals surface area contributed by atoms with E-state index in [1.807, 2.05) is 73.7 Å². The summed E-state index contributed by atoms with van der Waals surface area (Å²) in [6, 6.07) is 17.7. The fourth-order valence-electron chi connectivity index (χ4n) is 5.12. The van der Waals surface area contributed by atoms with Crippen LogP contribution < -0.4 is 0 Å². The smallest absolute Gasteiger partial charge is 0.128 e. The van der Waals surface area contributed by atoms with Gasteiger partial charge in [0.1, 0.15) is 17.2 Å². The molecule has 3 aromatic rings. The van der Waals surface area contributed by atoms with Crippen LogP contribution in [0.3, 0.4) is 0 Å². The number of rotatable bonds is 7. The number of alkyl halides is 1. The van der Waals surface area contributed by atoms with Crippen LogP contribution in [0.2, 0.25) is 0 Å². The molecular weight excluding hydrogens is 508 g/mol. The van der Waals surface area contributed by atoms with Crippen LogP contribution in [0.1, 0.15) is 44.6 Å². The third kappa shape index (κ3) is 4.68. The number of nitrogens with zero attached hydrogens (tertiary/aromatic N) is 3. The Morgan fingerprint density at radius 1 is 0.971 bits per heavy atom. The van der Waals surface area contributed by atoms with Crippen LogP contribution in [0.15, 0.2) is 95.1 Å². The molecule has 2 aliphatic carbocycles. The first-order valence-corrected chi connectivity index (χ1v) is 13.2. The number of allylic oxidation sites excluding steroid dienone is 8. The van der Waals surface area contributed by atoms with Crippen molar-refractivity contribution in [2.45, 2.75) is 50.3 Å². The van der Waals surface area contributed by atoms with Crippen molar-refractivity contribution in [1.29, 1.82) is 0 Å². The number of aryl methyl sites for hydroxylation is 1. The van der Waals surface area contributed by atoms with Gasteiger partial charge in [0.2, 0.25) is 0 Å². The highest BCUT2D eigenvalue weighted by molar-refractivity contribution is 9.09. The van der Waals surface area contributed by atoms with Crippen molar-refractivity contribution in [2.24, 2.45) is 5.92 Å². The molecule has 0 saturated carbocycles. The van der Waals surface area contributed by atoms with E-state index in [9.17, 15) is 0 Å². The number of para-hydroxylation sites is 1. The Kier molecular flexibility index (Phi) is 7.09. The summed E-state index contributed by atoms with van der Waals surface area (Å²) in [6.45, 7) is 2.04. The van der Waals surface area contributed by atoms with E-state index in [1.54, 1.807) is 4.68 Å². The standard InChI is InChI=1S/C29H28BrF2N3/c1-2-8-20-16-18-25(35-24-12-7-6-11-23(24)33-34-35)27(29(20)32)26-22(30)17-15-21(28(26)31)14-13-19-9-4-3-5-10-19/h3-7,9-12,15,17,22,26H,2,8,13-14,16,18H2,1H3. The molecule has 2 aromatic carbocycles. The van der Waals surface area contributed by atoms with E-state index in [0.29, 0.717) is 42.5 Å². The Morgan fingerprint density at radius 3 is 2.54 bits per heavy atom. The predicted molar refractivity (Wildman–Crippen MR) is 141 cm³/mol. The first-order chi connectivity index (χ1) is 17.1. The van der Waals surface area contributed by atoms with E-state index in [2.05, 4.69) is 26.2 Å². The third-order valence-corrected chi connectivity index (χ3v) is 7.73. The van der Waals surface area contributed by atoms with Crippen molar-refractivity contribution in [3.05, 3.63) is 101 Å². The van der Waals surface area contributed by atoms with Crippen molar-refractivity contribution in [3.63, 3.8) is 0 Å². The number of benzene rings is 2. The van der Waals surface area contributed by atoms with Crippen molar-refractivity contribution >= 4 is 32.7 Å². The maximum atomic E-state index is 16.2. The van der Waals surface area contributed by atoms with Crippen LogP contribution in [0.25, 0.3) is 16.7 Å². The van der Waals surface area contributed by atoms with E-state index in [0.717, 1.165) is 35.0 Å². The number of hydrogen-bond donors (Lipinski definition) is 0. The van der Waals surface area contributed by atoms with E-state index in [-0.39, 0.29) is 16.5 Å². The maximum absolute atomic E-state index is 16.2. The summed E-state index contributed by atoms with van der Waals surface area (Å²) in [7, 11) is 0. The quantitative estimate of drug-likeness (QED) is 0.285. The van der Waals surface area contributed by atoms with Crippen molar-refractivity contribution in [3.8, 4) is 0 Å². The SMILES string of the molecule is CCCC1=C(F)C(C2C(F)=C(CCc3ccccc3)C=CC2Br)=C(n2nnc3ccccc32)CC1. The molecule has 0 spiro atoms. The van der Waals surface area contributed by atoms with Gasteiger partial charge in [-0.2, -0.15) is 0 Å². The number of halogens is 3. The lowest BCUT2D eigenvalue weighted by atomic mass is 9.80. The minimum atomic E-state index is -0.754. The van der Waals surface area contributed by atoms with Gasteiger partial charge in [0.15, 0.2) is 0 Å². The summed E-state index contributed by atoms with van der Waals surface area (Å²) in [5.74, 6) is -1.30. The molecule has 0 amide bonds. The van der Waals surface area contributed by atoms with Gasteiger partial charge in [-0.1, -0.05) is 89.1 Å². The van der Waals surface area contributed by atoms with Gasteiger partial charge in [0.25, 0.3) is 0 Å². The largest absolute Gasteiger partial charge is 0.217 e. The van der Waals surface area contributed by atoms with Gasteiger partial charge < -0.3 is 0 Å². The summed E-state index contributed by atoms with van der Waals surface area (Å²) in [4.78, 5) is -0.352. The number of fused-ring (bicyclic) bond motifs is 1. The first kappa shape index (κ1) is 23.9. The summed E-state index contributed by atoms with van der Waals surface area (Å²) in [5.41, 5.74) is 5.18. The van der Waals surface area contributed by atoms with Crippen LogP contribution in [0.5, 0.6) is 0 Å². The van der Waals surface area contributed by atoms with Crippen LogP contribution >= 0.6 is 15.9 Å². The Hall–Kier alpha value is -2.86. The molecule has 35 heavy (non-hydrogen) atoms.